The smallest absolute Gasteiger partial charge is 0.162 e. The van der Waals surface area contributed by atoms with Crippen LogP contribution < -0.4 is 0 Å². The molecule has 4 aromatic rings. The fourth-order valence-corrected chi connectivity index (χ4v) is 6.18. The van der Waals surface area contributed by atoms with E-state index in [0.717, 1.165) is 42.5 Å². The molecule has 0 amide bonds. The molecular formula is C37H45IrN2O2-. The summed E-state index contributed by atoms with van der Waals surface area (Å²) >= 11 is 0. The SMILES string of the molecule is CC(C)c1ccc2cnc3c(c2c1)C(C)(C)c1cccc2nc[c-]c-3c12.CCC(CC)C(=O)/C=C(\O)C(CC)CC.[Ir]. The van der Waals surface area contributed by atoms with Crippen LogP contribution in [0.2, 0.25) is 0 Å². The summed E-state index contributed by atoms with van der Waals surface area (Å²) in [6.45, 7) is 17.2. The number of aromatic nitrogens is 2. The molecule has 0 atom stereocenters. The first-order valence-corrected chi connectivity index (χ1v) is 15.3. The normalized spacial score (nSPS) is 13.6. The van der Waals surface area contributed by atoms with Gasteiger partial charge in [-0.25, -0.2) is 0 Å². The number of fused-ring (bicyclic) bond motifs is 4. The van der Waals surface area contributed by atoms with Crippen LogP contribution in [0, 0.1) is 17.9 Å². The molecule has 1 aliphatic carbocycles. The first-order chi connectivity index (χ1) is 19.6. The van der Waals surface area contributed by atoms with Gasteiger partial charge in [-0.15, -0.1) is 0 Å². The number of rotatable bonds is 8. The van der Waals surface area contributed by atoms with Crippen LogP contribution in [-0.4, -0.2) is 20.9 Å². The molecule has 0 spiro atoms. The van der Waals surface area contributed by atoms with Crippen LogP contribution in [0.15, 0.2) is 60.6 Å². The number of hydrogen-bond acceptors (Lipinski definition) is 4. The number of allylic oxidation sites excluding steroid dienone is 2. The van der Waals surface area contributed by atoms with Gasteiger partial charge in [0, 0.05) is 49.7 Å². The van der Waals surface area contributed by atoms with Gasteiger partial charge in [0.2, 0.25) is 0 Å². The second-order valence-corrected chi connectivity index (χ2v) is 12.1. The minimum Gasteiger partial charge on any atom is -0.512 e. The van der Waals surface area contributed by atoms with Crippen molar-refractivity contribution in [3.8, 4) is 11.3 Å². The number of aliphatic hydroxyl groups excluding tert-OH is 1. The summed E-state index contributed by atoms with van der Waals surface area (Å²) in [6, 6.07) is 16.6. The third-order valence-electron chi connectivity index (χ3n) is 8.91. The summed E-state index contributed by atoms with van der Waals surface area (Å²) in [6.07, 6.45) is 8.69. The van der Waals surface area contributed by atoms with Crippen molar-refractivity contribution in [3.63, 3.8) is 0 Å². The van der Waals surface area contributed by atoms with Crippen molar-refractivity contribution < 1.29 is 30.0 Å². The number of hydrogen-bond donors (Lipinski definition) is 1. The van der Waals surface area contributed by atoms with E-state index in [1.807, 2.05) is 33.9 Å². The van der Waals surface area contributed by atoms with Crippen molar-refractivity contribution in [2.45, 2.75) is 92.4 Å². The van der Waals surface area contributed by atoms with Gasteiger partial charge in [0.25, 0.3) is 0 Å². The average Bonchev–Trinajstić information content (AvgIpc) is 2.96. The van der Waals surface area contributed by atoms with Crippen molar-refractivity contribution in [3.05, 3.63) is 83.4 Å². The maximum Gasteiger partial charge on any atom is 0.162 e. The first kappa shape index (κ1) is 33.6. The molecule has 1 N–H and O–H groups in total. The van der Waals surface area contributed by atoms with Gasteiger partial charge in [-0.3, -0.25) is 9.78 Å². The summed E-state index contributed by atoms with van der Waals surface area (Å²) in [5.74, 6) is 1.05. The van der Waals surface area contributed by atoms with E-state index in [-0.39, 0.29) is 48.9 Å². The van der Waals surface area contributed by atoms with E-state index in [0.29, 0.717) is 5.92 Å². The Balaban J connectivity index is 0.000000263. The van der Waals surface area contributed by atoms with Gasteiger partial charge in [-0.1, -0.05) is 102 Å². The number of carbonyl (C=O) groups excluding carboxylic acids is 1. The predicted molar refractivity (Wildman–Crippen MR) is 171 cm³/mol. The Morgan fingerprint density at radius 2 is 1.64 bits per heavy atom. The summed E-state index contributed by atoms with van der Waals surface area (Å²) < 4.78 is 0. The quantitative estimate of drug-likeness (QED) is 0.111. The topological polar surface area (TPSA) is 63.1 Å². The van der Waals surface area contributed by atoms with Crippen molar-refractivity contribution in [1.29, 1.82) is 0 Å². The standard InChI is InChI=1S/C24H21N2.C13H24O2.Ir/c1-14(2)15-8-9-16-13-26-23-17-10-11-25-20-7-5-6-19(21(17)20)24(3,4)22(23)18(16)12-15;1-5-10(6-2)12(14)9-13(15)11(7-3)8-4;/h5-9,11-14H,1-4H3;9-11,14H,5-8H2,1-4H3;/q-1;;/b;12-9-;. The molecule has 2 aromatic heterocycles. The number of pyridine rings is 2. The Morgan fingerprint density at radius 3 is 2.26 bits per heavy atom. The Kier molecular flexibility index (Phi) is 11.3. The molecule has 4 nitrogen and oxygen atoms in total. The van der Waals surface area contributed by atoms with Crippen LogP contribution >= 0.6 is 0 Å². The number of aliphatic hydroxyl groups is 1. The van der Waals surface area contributed by atoms with E-state index in [1.54, 1.807) is 6.20 Å². The molecule has 5 heteroatoms. The maximum atomic E-state index is 11.7. The summed E-state index contributed by atoms with van der Waals surface area (Å²) in [7, 11) is 0. The second kappa shape index (κ2) is 14.1. The van der Waals surface area contributed by atoms with Crippen LogP contribution in [-0.2, 0) is 30.3 Å². The Bertz CT molecular complexity index is 1570. The molecule has 2 aromatic carbocycles. The van der Waals surface area contributed by atoms with Crippen LogP contribution in [0.4, 0.5) is 0 Å². The minimum atomic E-state index is -0.138. The van der Waals surface area contributed by atoms with E-state index in [9.17, 15) is 9.90 Å². The number of benzene rings is 2. The van der Waals surface area contributed by atoms with Gasteiger partial charge in [-0.05, 0) is 71.3 Å². The molecule has 1 aliphatic rings. The van der Waals surface area contributed by atoms with E-state index in [4.69, 9.17) is 4.98 Å². The van der Waals surface area contributed by atoms with Crippen LogP contribution in [0.5, 0.6) is 0 Å². The van der Waals surface area contributed by atoms with Crippen molar-refractivity contribution in [2.24, 2.45) is 11.8 Å². The number of ketones is 1. The van der Waals surface area contributed by atoms with Gasteiger partial charge in [0.1, 0.15) is 0 Å². The van der Waals surface area contributed by atoms with Crippen molar-refractivity contribution in [2.75, 3.05) is 0 Å². The third kappa shape index (κ3) is 6.38. The molecule has 2 heterocycles. The summed E-state index contributed by atoms with van der Waals surface area (Å²) in [5, 5.41) is 13.5. The fraction of sp³-hybridized carbons (Fsp3) is 0.432. The monoisotopic (exact) mass is 742 g/mol. The Hall–Kier alpha value is -2.88. The zero-order chi connectivity index (χ0) is 29.9. The molecule has 42 heavy (non-hydrogen) atoms. The fourth-order valence-electron chi connectivity index (χ4n) is 6.18. The molecule has 1 radical (unpaired) electrons. The van der Waals surface area contributed by atoms with E-state index in [1.165, 1.54) is 38.9 Å². The molecule has 0 aliphatic heterocycles. The predicted octanol–water partition coefficient (Wildman–Crippen LogP) is 9.88. The molecule has 0 saturated heterocycles. The van der Waals surface area contributed by atoms with Crippen LogP contribution in [0.3, 0.4) is 0 Å². The molecule has 225 valence electrons. The average molecular weight is 742 g/mol. The second-order valence-electron chi connectivity index (χ2n) is 12.1. The van der Waals surface area contributed by atoms with Gasteiger partial charge in [0.15, 0.2) is 5.78 Å². The van der Waals surface area contributed by atoms with E-state index < -0.39 is 0 Å². The van der Waals surface area contributed by atoms with Gasteiger partial charge < -0.3 is 10.1 Å². The molecule has 0 bridgehead atoms. The largest absolute Gasteiger partial charge is 0.512 e. The Morgan fingerprint density at radius 1 is 0.976 bits per heavy atom. The molecule has 0 unspecified atom stereocenters. The zero-order valence-electron chi connectivity index (χ0n) is 26.3. The van der Waals surface area contributed by atoms with E-state index in [2.05, 4.69) is 75.1 Å². The van der Waals surface area contributed by atoms with E-state index >= 15 is 0 Å². The maximum absolute atomic E-state index is 11.7. The number of carbonyl (C=O) groups is 1. The molecular weight excluding hydrogens is 697 g/mol. The van der Waals surface area contributed by atoms with Crippen LogP contribution in [0.25, 0.3) is 32.9 Å². The van der Waals surface area contributed by atoms with Crippen molar-refractivity contribution >= 4 is 27.5 Å². The first-order valence-electron chi connectivity index (χ1n) is 15.3. The Labute approximate surface area is 265 Å². The van der Waals surface area contributed by atoms with Gasteiger partial charge in [-0.2, -0.15) is 11.6 Å². The van der Waals surface area contributed by atoms with Crippen molar-refractivity contribution in [1.82, 2.24) is 9.97 Å². The summed E-state index contributed by atoms with van der Waals surface area (Å²) in [4.78, 5) is 21.1. The minimum absolute atomic E-state index is 0. The van der Waals surface area contributed by atoms with Crippen LogP contribution in [0.1, 0.15) is 104 Å². The zero-order valence-corrected chi connectivity index (χ0v) is 28.7. The van der Waals surface area contributed by atoms with Gasteiger partial charge >= 0.3 is 0 Å². The third-order valence-corrected chi connectivity index (χ3v) is 8.91. The summed E-state index contributed by atoms with van der Waals surface area (Å²) in [5.41, 5.74) is 7.00. The molecule has 0 saturated carbocycles. The van der Waals surface area contributed by atoms with Gasteiger partial charge in [0.05, 0.1) is 5.76 Å². The number of nitrogens with zero attached hydrogens (tertiary/aromatic N) is 2. The molecule has 5 rings (SSSR count). The molecule has 0 fully saturated rings.